The van der Waals surface area contributed by atoms with Crippen LogP contribution in [0.4, 0.5) is 0 Å². The second kappa shape index (κ2) is 9.83. The lowest BCUT2D eigenvalue weighted by Crippen LogP contribution is -2.57. The van der Waals surface area contributed by atoms with Crippen molar-refractivity contribution < 1.29 is 19.1 Å². The molecule has 3 aromatic rings. The fraction of sp³-hybridized carbons (Fsp3) is 0.429. The van der Waals surface area contributed by atoms with Crippen molar-refractivity contribution in [1.82, 2.24) is 9.58 Å². The van der Waals surface area contributed by atoms with E-state index in [1.54, 1.807) is 27.5 Å². The molecule has 2 aromatic carbocycles. The van der Waals surface area contributed by atoms with Gasteiger partial charge in [-0.05, 0) is 54.9 Å². The van der Waals surface area contributed by atoms with E-state index in [2.05, 4.69) is 29.3 Å². The minimum atomic E-state index is -1.05. The Balaban J connectivity index is 1.40. The van der Waals surface area contributed by atoms with E-state index in [0.29, 0.717) is 12.8 Å². The van der Waals surface area contributed by atoms with Gasteiger partial charge < -0.3 is 9.64 Å². The zero-order valence-corrected chi connectivity index (χ0v) is 26.6. The Hall–Kier alpha value is -3.85. The normalized spacial score (nSPS) is 26.7. The lowest BCUT2D eigenvalue weighted by atomic mass is 9.65. The third kappa shape index (κ3) is 3.77. The molecule has 1 amide bonds. The number of amides is 1. The monoisotopic (exact) mass is 611 g/mol. The van der Waals surface area contributed by atoms with Crippen molar-refractivity contribution in [2.45, 2.75) is 76.6 Å². The Kier molecular flexibility index (Phi) is 6.45. The number of carbonyl (C=O) groups excluding carboxylic acids is 3. The van der Waals surface area contributed by atoms with Gasteiger partial charge in [-0.2, -0.15) is 0 Å². The fourth-order valence-electron chi connectivity index (χ4n) is 7.96. The number of thioether (sulfide) groups is 1. The van der Waals surface area contributed by atoms with Crippen molar-refractivity contribution in [2.24, 2.45) is 16.2 Å². The fourth-order valence-corrected chi connectivity index (χ4v) is 9.06. The van der Waals surface area contributed by atoms with E-state index < -0.39 is 27.6 Å². The van der Waals surface area contributed by atoms with Crippen molar-refractivity contribution >= 4 is 29.4 Å². The molecular weight excluding hydrogens is 574 g/mol. The van der Waals surface area contributed by atoms with Crippen LogP contribution in [0, 0.1) is 16.2 Å². The van der Waals surface area contributed by atoms with Gasteiger partial charge in [-0.15, -0.1) is 11.8 Å². The molecule has 2 aliphatic heterocycles. The number of rotatable bonds is 4. The van der Waals surface area contributed by atoms with Gasteiger partial charge in [-0.25, -0.2) is 0 Å². The maximum absolute atomic E-state index is 14.2. The van der Waals surface area contributed by atoms with Crippen LogP contribution in [0.15, 0.2) is 70.5 Å². The average Bonchev–Trinajstić information content (AvgIpc) is 3.20. The van der Waals surface area contributed by atoms with Gasteiger partial charge in [-0.1, -0.05) is 63.2 Å². The summed E-state index contributed by atoms with van der Waals surface area (Å²) in [7, 11) is 0. The minimum Gasteiger partial charge on any atom is -0.419 e. The third-order valence-electron chi connectivity index (χ3n) is 11.2. The highest BCUT2D eigenvalue weighted by atomic mass is 32.2. The van der Waals surface area contributed by atoms with Crippen molar-refractivity contribution in [1.29, 1.82) is 0 Å². The van der Waals surface area contributed by atoms with E-state index in [0.717, 1.165) is 21.8 Å². The quantitative estimate of drug-likeness (QED) is 0.350. The molecule has 4 aliphatic rings. The molecule has 2 aliphatic carbocycles. The van der Waals surface area contributed by atoms with E-state index >= 15 is 0 Å². The molecule has 0 radical (unpaired) electrons. The molecule has 0 N–H and O–H groups in total. The van der Waals surface area contributed by atoms with Crippen molar-refractivity contribution in [3.05, 3.63) is 93.4 Å². The molecule has 3 heterocycles. The first kappa shape index (κ1) is 28.9. The number of nitrogens with zero attached hydrogens (tertiary/aromatic N) is 3. The number of carbonyl (C=O) groups is 3. The summed E-state index contributed by atoms with van der Waals surface area (Å²) in [4.78, 5) is 57.9. The van der Waals surface area contributed by atoms with Gasteiger partial charge in [0.15, 0.2) is 5.69 Å². The van der Waals surface area contributed by atoms with Gasteiger partial charge in [0.2, 0.25) is 11.2 Å². The lowest BCUT2D eigenvalue weighted by molar-refractivity contribution is -0.151. The molecule has 2 bridgehead atoms. The summed E-state index contributed by atoms with van der Waals surface area (Å²) in [6, 6.07) is 17.5. The predicted octanol–water partition coefficient (Wildman–Crippen LogP) is 5.69. The topological polar surface area (TPSA) is 88.9 Å². The number of benzene rings is 2. The first-order valence-corrected chi connectivity index (χ1v) is 16.3. The highest BCUT2D eigenvalue weighted by molar-refractivity contribution is 7.98. The molecule has 0 saturated heterocycles. The van der Waals surface area contributed by atoms with Crippen LogP contribution in [0.3, 0.4) is 0 Å². The molecule has 9 heteroatoms. The lowest BCUT2D eigenvalue weighted by Gasteiger charge is -2.45. The molecule has 7 rings (SSSR count). The van der Waals surface area contributed by atoms with Crippen LogP contribution in [-0.2, 0) is 15.3 Å². The second-order valence-electron chi connectivity index (χ2n) is 13.6. The Morgan fingerprint density at radius 1 is 0.955 bits per heavy atom. The van der Waals surface area contributed by atoms with Crippen molar-refractivity contribution in [3.63, 3.8) is 0 Å². The van der Waals surface area contributed by atoms with E-state index in [9.17, 15) is 19.2 Å². The zero-order chi connectivity index (χ0) is 31.2. The van der Waals surface area contributed by atoms with Crippen LogP contribution < -0.4 is 15.2 Å². The van der Waals surface area contributed by atoms with E-state index in [1.165, 1.54) is 11.6 Å². The predicted molar refractivity (Wildman–Crippen MR) is 168 cm³/mol. The number of aromatic nitrogens is 1. The van der Waals surface area contributed by atoms with Gasteiger partial charge in [0.05, 0.1) is 11.5 Å². The first-order chi connectivity index (χ1) is 20.9. The number of esters is 1. The van der Waals surface area contributed by atoms with Crippen LogP contribution in [0.25, 0.3) is 0 Å². The average molecular weight is 612 g/mol. The third-order valence-corrected chi connectivity index (χ3v) is 12.4. The summed E-state index contributed by atoms with van der Waals surface area (Å²) in [5.74, 6) is -0.405. The van der Waals surface area contributed by atoms with Crippen LogP contribution in [0.2, 0.25) is 0 Å². The van der Waals surface area contributed by atoms with Gasteiger partial charge in [0.25, 0.3) is 5.91 Å². The molecule has 1 unspecified atom stereocenters. The summed E-state index contributed by atoms with van der Waals surface area (Å²) >= 11 is 1.78. The Bertz CT molecular complexity index is 1750. The summed E-state index contributed by atoms with van der Waals surface area (Å²) in [6.45, 7) is 9.97. The van der Waals surface area contributed by atoms with Gasteiger partial charge >= 0.3 is 5.97 Å². The van der Waals surface area contributed by atoms with Crippen LogP contribution in [0.5, 0.6) is 5.75 Å². The van der Waals surface area contributed by atoms with Crippen LogP contribution in [0.1, 0.15) is 87.1 Å². The van der Waals surface area contributed by atoms with Crippen molar-refractivity contribution in [2.75, 3.05) is 11.7 Å². The number of Topliss-reactive ketones (excluding diaryl/α,β-unsaturated/α-hetero) is 1. The number of hydrogen-bond donors (Lipinski definition) is 0. The largest absolute Gasteiger partial charge is 0.419 e. The maximum atomic E-state index is 14.2. The SMILES string of the molecule is CC(C)N1CN(C2c3ccccc3CSc3ccccc32)n2ccc(=O)c(OC(=O)[C@@]34CC[C@@](C)(C(=O)C3)C4(C)C)c2C1=O. The van der Waals surface area contributed by atoms with Crippen LogP contribution >= 0.6 is 11.8 Å². The standard InChI is InChI=1S/C35H37N3O5S/c1-21(2)36-20-38(28-23-11-7-6-10-22(23)19-44-26-13-9-8-12-24(26)28)37-17-14-25(39)30(29(37)31(36)41)43-32(42)35-16-15-34(5,27(40)18-35)33(35,3)4/h6-14,17,21,28H,15-16,18-20H2,1-5H3/t28?,34-,35+/m0/s1. The van der Waals surface area contributed by atoms with E-state index in [-0.39, 0.29) is 48.3 Å². The number of ketones is 1. The van der Waals surface area contributed by atoms with Gasteiger partial charge in [0, 0.05) is 40.8 Å². The molecule has 44 heavy (non-hydrogen) atoms. The smallest absolute Gasteiger partial charge is 0.318 e. The van der Waals surface area contributed by atoms with E-state index in [1.807, 2.05) is 58.9 Å². The Morgan fingerprint density at radius 3 is 2.34 bits per heavy atom. The van der Waals surface area contributed by atoms with E-state index in [4.69, 9.17) is 4.74 Å². The number of fused-ring (bicyclic) bond motifs is 5. The molecule has 228 valence electrons. The summed E-state index contributed by atoms with van der Waals surface area (Å²) in [5.41, 5.74) is 0.556. The highest BCUT2D eigenvalue weighted by Gasteiger charge is 2.73. The molecule has 1 aromatic heterocycles. The zero-order valence-electron chi connectivity index (χ0n) is 25.8. The second-order valence-corrected chi connectivity index (χ2v) is 14.6. The summed E-state index contributed by atoms with van der Waals surface area (Å²) < 4.78 is 7.78. The van der Waals surface area contributed by atoms with Gasteiger partial charge in [0.1, 0.15) is 12.5 Å². The molecule has 2 fully saturated rings. The Labute approximate surface area is 261 Å². The maximum Gasteiger partial charge on any atom is 0.318 e. The highest BCUT2D eigenvalue weighted by Crippen LogP contribution is 2.70. The molecule has 0 spiro atoms. The minimum absolute atomic E-state index is 0.0250. The summed E-state index contributed by atoms with van der Waals surface area (Å²) in [5, 5.41) is 2.09. The number of ether oxygens (including phenoxy) is 1. The number of hydrogen-bond acceptors (Lipinski definition) is 7. The molecule has 8 nitrogen and oxygen atoms in total. The van der Waals surface area contributed by atoms with Gasteiger partial charge in [-0.3, -0.25) is 28.9 Å². The Morgan fingerprint density at radius 2 is 1.66 bits per heavy atom. The molecule has 2 saturated carbocycles. The van der Waals surface area contributed by atoms with Crippen molar-refractivity contribution in [3.8, 4) is 5.75 Å². The molecule has 3 atom stereocenters. The first-order valence-electron chi connectivity index (χ1n) is 15.3. The number of pyridine rings is 1. The summed E-state index contributed by atoms with van der Waals surface area (Å²) in [6.07, 6.45) is 2.79. The van der Waals surface area contributed by atoms with Crippen LogP contribution in [-0.4, -0.2) is 39.9 Å². The molecular formula is C35H37N3O5S.